The topological polar surface area (TPSA) is 49.4 Å². The second-order valence-corrected chi connectivity index (χ2v) is 9.25. The van der Waals surface area contributed by atoms with E-state index in [9.17, 15) is 14.0 Å². The van der Waals surface area contributed by atoms with Gasteiger partial charge in [-0.3, -0.25) is 9.59 Å². The Bertz CT molecular complexity index is 825. The van der Waals surface area contributed by atoms with Crippen LogP contribution in [0.1, 0.15) is 36.2 Å². The van der Waals surface area contributed by atoms with Gasteiger partial charge in [0.2, 0.25) is 11.8 Å². The summed E-state index contributed by atoms with van der Waals surface area (Å²) in [6.07, 6.45) is 1.28. The van der Waals surface area contributed by atoms with Crippen LogP contribution in [-0.4, -0.2) is 33.4 Å². The number of fused-ring (bicyclic) bond motifs is 1. The van der Waals surface area contributed by atoms with Crippen molar-refractivity contribution in [3.8, 4) is 0 Å². The van der Waals surface area contributed by atoms with Crippen molar-refractivity contribution in [3.63, 3.8) is 0 Å². The lowest BCUT2D eigenvalue weighted by Gasteiger charge is -2.30. The molecule has 26 heavy (non-hydrogen) atoms. The molecule has 4 nitrogen and oxygen atoms in total. The lowest BCUT2D eigenvalue weighted by Crippen LogP contribution is -2.50. The molecule has 4 rings (SSSR count). The Morgan fingerprint density at radius 2 is 2.12 bits per heavy atom. The van der Waals surface area contributed by atoms with Crippen molar-refractivity contribution in [3.05, 3.63) is 58.0 Å². The highest BCUT2D eigenvalue weighted by Gasteiger charge is 2.53. The summed E-state index contributed by atoms with van der Waals surface area (Å²) in [5, 5.41) is 5.04. The highest BCUT2D eigenvalue weighted by molar-refractivity contribution is 8.01. The maximum atomic E-state index is 13.3. The summed E-state index contributed by atoms with van der Waals surface area (Å²) >= 11 is 3.21. The van der Waals surface area contributed by atoms with Crippen LogP contribution in [0.3, 0.4) is 0 Å². The van der Waals surface area contributed by atoms with E-state index in [-0.39, 0.29) is 28.5 Å². The fourth-order valence-electron chi connectivity index (χ4n) is 3.68. The molecule has 3 heterocycles. The predicted molar refractivity (Wildman–Crippen MR) is 101 cm³/mol. The van der Waals surface area contributed by atoms with Gasteiger partial charge in [-0.2, -0.15) is 0 Å². The Balaban J connectivity index is 1.59. The molecule has 0 saturated carbocycles. The van der Waals surface area contributed by atoms with Crippen LogP contribution in [0.2, 0.25) is 0 Å². The van der Waals surface area contributed by atoms with Crippen molar-refractivity contribution in [2.45, 2.75) is 36.7 Å². The van der Waals surface area contributed by atoms with Gasteiger partial charge in [-0.15, -0.1) is 23.1 Å². The summed E-state index contributed by atoms with van der Waals surface area (Å²) in [6.45, 7) is 2.03. The zero-order valence-electron chi connectivity index (χ0n) is 14.3. The van der Waals surface area contributed by atoms with Gasteiger partial charge in [0.05, 0.1) is 10.9 Å². The number of carbonyl (C=O) groups is 2. The fourth-order valence-corrected chi connectivity index (χ4v) is 5.92. The minimum Gasteiger partial charge on any atom is -0.343 e. The molecule has 7 heteroatoms. The van der Waals surface area contributed by atoms with Gasteiger partial charge in [-0.25, -0.2) is 4.39 Å². The quantitative estimate of drug-likeness (QED) is 0.869. The number of thiophene rings is 1. The van der Waals surface area contributed by atoms with Crippen LogP contribution in [0.4, 0.5) is 4.39 Å². The first kappa shape index (κ1) is 17.5. The van der Waals surface area contributed by atoms with Crippen molar-refractivity contribution in [1.82, 2.24) is 10.2 Å². The van der Waals surface area contributed by atoms with E-state index in [4.69, 9.17) is 0 Å². The standard InChI is InChI=1S/C19H19FN2O2S2/c1-19-9-8-16(23)22(19)14(11-26-19)18(24)21-17(15-3-2-10-25-15)12-4-6-13(20)7-5-12/h2-7,10,14,17H,8-9,11H2,1H3,(H,21,24). The van der Waals surface area contributed by atoms with Crippen LogP contribution in [0.15, 0.2) is 41.8 Å². The first-order valence-electron chi connectivity index (χ1n) is 8.53. The molecule has 3 atom stereocenters. The van der Waals surface area contributed by atoms with Crippen molar-refractivity contribution in [2.75, 3.05) is 5.75 Å². The number of nitrogens with one attached hydrogen (secondary N) is 1. The third kappa shape index (κ3) is 3.03. The summed E-state index contributed by atoms with van der Waals surface area (Å²) < 4.78 is 13.3. The monoisotopic (exact) mass is 390 g/mol. The second kappa shape index (κ2) is 6.70. The first-order chi connectivity index (χ1) is 12.5. The molecule has 0 bridgehead atoms. The Morgan fingerprint density at radius 3 is 2.81 bits per heavy atom. The number of carbonyl (C=O) groups excluding carboxylic acids is 2. The molecule has 2 fully saturated rings. The first-order valence-corrected chi connectivity index (χ1v) is 10.4. The van der Waals surface area contributed by atoms with Crippen LogP contribution in [0, 0.1) is 5.82 Å². The second-order valence-electron chi connectivity index (χ2n) is 6.77. The summed E-state index contributed by atoms with van der Waals surface area (Å²) in [6, 6.07) is 9.25. The minimum atomic E-state index is -0.456. The van der Waals surface area contributed by atoms with Gasteiger partial charge in [0.15, 0.2) is 0 Å². The van der Waals surface area contributed by atoms with Crippen molar-refractivity contribution in [2.24, 2.45) is 0 Å². The van der Waals surface area contributed by atoms with E-state index >= 15 is 0 Å². The molecular weight excluding hydrogens is 371 g/mol. The number of rotatable bonds is 4. The van der Waals surface area contributed by atoms with Crippen LogP contribution in [0.5, 0.6) is 0 Å². The maximum Gasteiger partial charge on any atom is 0.244 e. The lowest BCUT2D eigenvalue weighted by atomic mass is 10.0. The highest BCUT2D eigenvalue weighted by atomic mass is 32.2. The van der Waals surface area contributed by atoms with Crippen LogP contribution >= 0.6 is 23.1 Å². The smallest absolute Gasteiger partial charge is 0.244 e. The summed E-state index contributed by atoms with van der Waals surface area (Å²) in [7, 11) is 0. The van der Waals surface area contributed by atoms with Gasteiger partial charge < -0.3 is 10.2 Å². The number of hydrogen-bond donors (Lipinski definition) is 1. The molecule has 2 aliphatic rings. The van der Waals surface area contributed by atoms with Crippen LogP contribution in [-0.2, 0) is 9.59 Å². The molecule has 0 aliphatic carbocycles. The Labute approximate surface area is 159 Å². The van der Waals surface area contributed by atoms with Crippen LogP contribution < -0.4 is 5.32 Å². The maximum absolute atomic E-state index is 13.3. The van der Waals surface area contributed by atoms with Crippen molar-refractivity contribution in [1.29, 1.82) is 0 Å². The lowest BCUT2D eigenvalue weighted by molar-refractivity contribution is -0.138. The molecule has 0 radical (unpaired) electrons. The number of benzene rings is 1. The molecule has 2 aromatic rings. The molecule has 2 saturated heterocycles. The molecule has 2 amide bonds. The molecule has 1 aromatic heterocycles. The van der Waals surface area contributed by atoms with Gasteiger partial charge >= 0.3 is 0 Å². The average molecular weight is 391 g/mol. The van der Waals surface area contributed by atoms with E-state index in [1.165, 1.54) is 23.5 Å². The highest BCUT2D eigenvalue weighted by Crippen LogP contribution is 2.47. The van der Waals surface area contributed by atoms with E-state index in [2.05, 4.69) is 5.32 Å². The zero-order chi connectivity index (χ0) is 18.3. The van der Waals surface area contributed by atoms with Gasteiger partial charge in [-0.1, -0.05) is 18.2 Å². The van der Waals surface area contributed by atoms with Gasteiger partial charge in [-0.05, 0) is 42.5 Å². The predicted octanol–water partition coefficient (Wildman–Crippen LogP) is 3.55. The molecule has 3 unspecified atom stereocenters. The van der Waals surface area contributed by atoms with Crippen molar-refractivity contribution < 1.29 is 14.0 Å². The Kier molecular flexibility index (Phi) is 4.52. The molecular formula is C19H19FN2O2S2. The minimum absolute atomic E-state index is 0.0482. The largest absolute Gasteiger partial charge is 0.343 e. The molecule has 1 N–H and O–H groups in total. The van der Waals surface area contributed by atoms with Crippen molar-refractivity contribution >= 4 is 34.9 Å². The Hall–Kier alpha value is -1.86. The van der Waals surface area contributed by atoms with Gasteiger partial charge in [0.25, 0.3) is 0 Å². The molecule has 1 aromatic carbocycles. The SMILES string of the molecule is CC12CCC(=O)N1C(C(=O)NC(c1ccc(F)cc1)c1cccs1)CS2. The number of thioether (sulfide) groups is 1. The molecule has 136 valence electrons. The number of amides is 2. The summed E-state index contributed by atoms with van der Waals surface area (Å²) in [4.78, 5) is 27.8. The average Bonchev–Trinajstić information content (AvgIpc) is 3.32. The number of halogens is 1. The van der Waals surface area contributed by atoms with E-state index in [0.29, 0.717) is 12.2 Å². The van der Waals surface area contributed by atoms with E-state index < -0.39 is 6.04 Å². The van der Waals surface area contributed by atoms with E-state index in [1.54, 1.807) is 28.8 Å². The normalized spacial score (nSPS) is 26.0. The summed E-state index contributed by atoms with van der Waals surface area (Å²) in [5.74, 6) is 0.191. The zero-order valence-corrected chi connectivity index (χ0v) is 15.9. The Morgan fingerprint density at radius 1 is 1.35 bits per heavy atom. The molecule has 2 aliphatic heterocycles. The van der Waals surface area contributed by atoms with Gasteiger partial charge in [0, 0.05) is 17.1 Å². The fraction of sp³-hybridized carbons (Fsp3) is 0.368. The third-order valence-electron chi connectivity index (χ3n) is 5.07. The number of nitrogens with zero attached hydrogens (tertiary/aromatic N) is 1. The molecule has 0 spiro atoms. The van der Waals surface area contributed by atoms with E-state index in [1.807, 2.05) is 24.4 Å². The van der Waals surface area contributed by atoms with Crippen LogP contribution in [0.25, 0.3) is 0 Å². The van der Waals surface area contributed by atoms with Gasteiger partial charge in [0.1, 0.15) is 11.9 Å². The third-order valence-corrected chi connectivity index (χ3v) is 7.51. The number of hydrogen-bond acceptors (Lipinski definition) is 4. The van der Waals surface area contributed by atoms with E-state index in [0.717, 1.165) is 16.9 Å². The summed E-state index contributed by atoms with van der Waals surface area (Å²) in [5.41, 5.74) is 0.823.